The van der Waals surface area contributed by atoms with Crippen molar-refractivity contribution in [2.24, 2.45) is 5.73 Å². The Morgan fingerprint density at radius 1 is 1.06 bits per heavy atom. The number of carbonyl (C=O) groups excluding carboxylic acids is 2. The number of nitrogens with two attached hydrogens (primary N) is 1. The summed E-state index contributed by atoms with van der Waals surface area (Å²) < 4.78 is 4.75. The van der Waals surface area contributed by atoms with Gasteiger partial charge in [-0.25, -0.2) is 4.79 Å². The molecule has 4 N–H and O–H groups in total. The zero-order chi connectivity index (χ0) is 22.4. The third-order valence-corrected chi connectivity index (χ3v) is 5.08. The lowest BCUT2D eigenvalue weighted by atomic mass is 9.95. The molecule has 1 amide bonds. The predicted octanol–water partition coefficient (Wildman–Crippen LogP) is 2.35. The van der Waals surface area contributed by atoms with E-state index in [9.17, 15) is 9.59 Å². The van der Waals surface area contributed by atoms with Crippen LogP contribution in [0, 0.1) is 11.8 Å². The number of hydrogen-bond donors (Lipinski definition) is 3. The van der Waals surface area contributed by atoms with Crippen molar-refractivity contribution >= 4 is 11.9 Å². The first-order valence-corrected chi connectivity index (χ1v) is 10.4. The van der Waals surface area contributed by atoms with Gasteiger partial charge in [-0.15, -0.1) is 0 Å². The van der Waals surface area contributed by atoms with Crippen LogP contribution in [0.5, 0.6) is 0 Å². The summed E-state index contributed by atoms with van der Waals surface area (Å²) in [7, 11) is 1.26. The lowest BCUT2D eigenvalue weighted by Gasteiger charge is -2.28. The maximum absolute atomic E-state index is 12.5. The van der Waals surface area contributed by atoms with Gasteiger partial charge in [0.25, 0.3) is 5.91 Å². The molecule has 1 atom stereocenters. The molecule has 0 spiro atoms. The Balaban J connectivity index is 1.61. The number of amides is 1. The second-order valence-corrected chi connectivity index (χ2v) is 8.43. The highest BCUT2D eigenvalue weighted by Crippen LogP contribution is 2.19. The molecule has 1 unspecified atom stereocenters. The van der Waals surface area contributed by atoms with E-state index in [-0.39, 0.29) is 0 Å². The van der Waals surface area contributed by atoms with E-state index in [1.54, 1.807) is 38.1 Å². The highest BCUT2D eigenvalue weighted by Gasteiger charge is 2.34. The standard InChI is InChI=1S/C25H29N3O3/c1-25(2,26)22(24(30)31-3)28-23(29)20-12-10-18(11-13-20)5-4-17-6-8-19(9-7-17)16-27-21-14-15-21/h6-13,21-22,27H,14-16,26H2,1-3H3,(H,28,29). The Morgan fingerprint density at radius 3 is 2.10 bits per heavy atom. The lowest BCUT2D eigenvalue weighted by Crippen LogP contribution is -2.59. The summed E-state index contributed by atoms with van der Waals surface area (Å²) in [5.74, 6) is 5.26. The molecule has 0 radical (unpaired) electrons. The molecule has 6 heteroatoms. The lowest BCUT2D eigenvalue weighted by molar-refractivity contribution is -0.144. The number of benzene rings is 2. The molecule has 162 valence electrons. The Kier molecular flexibility index (Phi) is 7.11. The molecule has 6 nitrogen and oxygen atoms in total. The Hall–Kier alpha value is -3.14. The smallest absolute Gasteiger partial charge is 0.330 e. The third kappa shape index (κ3) is 6.68. The van der Waals surface area contributed by atoms with Crippen LogP contribution in [0.1, 0.15) is 53.7 Å². The van der Waals surface area contributed by atoms with Crippen molar-refractivity contribution in [2.75, 3.05) is 7.11 Å². The van der Waals surface area contributed by atoms with Crippen LogP contribution in [-0.2, 0) is 16.1 Å². The third-order valence-electron chi connectivity index (χ3n) is 5.08. The number of methoxy groups -OCH3 is 1. The molecule has 1 aliphatic rings. The summed E-state index contributed by atoms with van der Waals surface area (Å²) in [6, 6.07) is 14.8. The molecule has 0 aliphatic heterocycles. The Labute approximate surface area is 183 Å². The minimum absolute atomic E-state index is 0.399. The van der Waals surface area contributed by atoms with E-state index in [1.807, 2.05) is 12.1 Å². The van der Waals surface area contributed by atoms with Crippen molar-refractivity contribution in [3.63, 3.8) is 0 Å². The number of ether oxygens (including phenoxy) is 1. The van der Waals surface area contributed by atoms with E-state index in [1.165, 1.54) is 25.5 Å². The summed E-state index contributed by atoms with van der Waals surface area (Å²) in [5.41, 5.74) is 8.43. The summed E-state index contributed by atoms with van der Waals surface area (Å²) >= 11 is 0. The van der Waals surface area contributed by atoms with Crippen LogP contribution >= 0.6 is 0 Å². The zero-order valence-electron chi connectivity index (χ0n) is 18.2. The van der Waals surface area contributed by atoms with Crippen LogP contribution in [-0.4, -0.2) is 36.6 Å². The average molecular weight is 420 g/mol. The first kappa shape index (κ1) is 22.5. The monoisotopic (exact) mass is 419 g/mol. The van der Waals surface area contributed by atoms with Crippen LogP contribution in [0.25, 0.3) is 0 Å². The Bertz CT molecular complexity index is 976. The molecular weight excluding hydrogens is 390 g/mol. The molecule has 0 bridgehead atoms. The summed E-state index contributed by atoms with van der Waals surface area (Å²) in [6.07, 6.45) is 2.56. The van der Waals surface area contributed by atoms with Crippen LogP contribution in [0.3, 0.4) is 0 Å². The topological polar surface area (TPSA) is 93.4 Å². The second kappa shape index (κ2) is 9.78. The van der Waals surface area contributed by atoms with Crippen LogP contribution in [0.15, 0.2) is 48.5 Å². The number of carbonyl (C=O) groups is 2. The van der Waals surface area contributed by atoms with Gasteiger partial charge in [-0.05, 0) is 68.7 Å². The fourth-order valence-electron chi connectivity index (χ4n) is 2.99. The average Bonchev–Trinajstić information content (AvgIpc) is 3.59. The van der Waals surface area contributed by atoms with Gasteiger partial charge in [-0.3, -0.25) is 4.79 Å². The van der Waals surface area contributed by atoms with Gasteiger partial charge in [0, 0.05) is 34.8 Å². The summed E-state index contributed by atoms with van der Waals surface area (Å²) in [5, 5.41) is 6.14. The highest BCUT2D eigenvalue weighted by molar-refractivity contribution is 5.97. The molecule has 3 rings (SSSR count). The van der Waals surface area contributed by atoms with Crippen LogP contribution in [0.2, 0.25) is 0 Å². The van der Waals surface area contributed by atoms with Gasteiger partial charge < -0.3 is 21.1 Å². The summed E-state index contributed by atoms with van der Waals surface area (Å²) in [6.45, 7) is 4.20. The fraction of sp³-hybridized carbons (Fsp3) is 0.360. The predicted molar refractivity (Wildman–Crippen MR) is 120 cm³/mol. The van der Waals surface area contributed by atoms with Crippen molar-refractivity contribution < 1.29 is 14.3 Å². The van der Waals surface area contributed by atoms with Gasteiger partial charge >= 0.3 is 5.97 Å². The minimum atomic E-state index is -0.961. The molecule has 0 aromatic heterocycles. The zero-order valence-corrected chi connectivity index (χ0v) is 18.2. The molecule has 0 heterocycles. The molecule has 0 saturated heterocycles. The molecule has 2 aromatic carbocycles. The quantitative estimate of drug-likeness (QED) is 0.473. The van der Waals surface area contributed by atoms with E-state index in [0.717, 1.165) is 17.7 Å². The molecule has 31 heavy (non-hydrogen) atoms. The van der Waals surface area contributed by atoms with Gasteiger partial charge in [-0.2, -0.15) is 0 Å². The number of nitrogens with one attached hydrogen (secondary N) is 2. The first-order valence-electron chi connectivity index (χ1n) is 10.4. The highest BCUT2D eigenvalue weighted by atomic mass is 16.5. The van der Waals surface area contributed by atoms with E-state index in [2.05, 4.69) is 34.6 Å². The van der Waals surface area contributed by atoms with E-state index in [0.29, 0.717) is 11.6 Å². The molecular formula is C25H29N3O3. The van der Waals surface area contributed by atoms with Gasteiger partial charge in [0.15, 0.2) is 0 Å². The van der Waals surface area contributed by atoms with Gasteiger partial charge in [-0.1, -0.05) is 24.0 Å². The SMILES string of the molecule is COC(=O)C(NC(=O)c1ccc(C#Cc2ccc(CNC3CC3)cc2)cc1)C(C)(C)N. The number of hydrogen-bond acceptors (Lipinski definition) is 5. The normalized spacial score (nSPS) is 14.2. The van der Waals surface area contributed by atoms with Crippen molar-refractivity contribution in [3.05, 3.63) is 70.8 Å². The number of rotatable bonds is 7. The molecule has 1 saturated carbocycles. The van der Waals surface area contributed by atoms with Crippen LogP contribution < -0.4 is 16.4 Å². The van der Waals surface area contributed by atoms with Crippen LogP contribution in [0.4, 0.5) is 0 Å². The van der Waals surface area contributed by atoms with Crippen molar-refractivity contribution in [3.8, 4) is 11.8 Å². The van der Waals surface area contributed by atoms with Crippen molar-refractivity contribution in [2.45, 2.75) is 50.9 Å². The maximum Gasteiger partial charge on any atom is 0.330 e. The van der Waals surface area contributed by atoms with E-state index in [4.69, 9.17) is 10.5 Å². The largest absolute Gasteiger partial charge is 0.467 e. The van der Waals surface area contributed by atoms with E-state index >= 15 is 0 Å². The molecule has 2 aromatic rings. The van der Waals surface area contributed by atoms with Crippen molar-refractivity contribution in [1.29, 1.82) is 0 Å². The van der Waals surface area contributed by atoms with E-state index < -0.39 is 23.5 Å². The minimum Gasteiger partial charge on any atom is -0.467 e. The maximum atomic E-state index is 12.5. The number of esters is 1. The molecule has 1 aliphatic carbocycles. The van der Waals surface area contributed by atoms with Crippen molar-refractivity contribution in [1.82, 2.24) is 10.6 Å². The first-order chi connectivity index (χ1) is 14.8. The van der Waals surface area contributed by atoms with Gasteiger partial charge in [0.2, 0.25) is 0 Å². The fourth-order valence-corrected chi connectivity index (χ4v) is 2.99. The van der Waals surface area contributed by atoms with Gasteiger partial charge in [0.05, 0.1) is 7.11 Å². The summed E-state index contributed by atoms with van der Waals surface area (Å²) in [4.78, 5) is 24.5. The molecule has 1 fully saturated rings. The second-order valence-electron chi connectivity index (χ2n) is 8.43. The van der Waals surface area contributed by atoms with Gasteiger partial charge in [0.1, 0.15) is 6.04 Å². The Morgan fingerprint density at radius 2 is 1.61 bits per heavy atom.